The molecule has 6 heteroatoms. The van der Waals surface area contributed by atoms with Gasteiger partial charge in [-0.15, -0.1) is 0 Å². The number of hydrogen-bond acceptors (Lipinski definition) is 5. The van der Waals surface area contributed by atoms with Crippen LogP contribution in [0.3, 0.4) is 0 Å². The zero-order valence-electron chi connectivity index (χ0n) is 22.2. The van der Waals surface area contributed by atoms with E-state index in [4.69, 9.17) is 4.74 Å². The molecule has 3 atom stereocenters. The van der Waals surface area contributed by atoms with Crippen molar-refractivity contribution in [3.63, 3.8) is 0 Å². The van der Waals surface area contributed by atoms with E-state index < -0.39 is 29.1 Å². The average Bonchev–Trinajstić information content (AvgIpc) is 3.27. The molecule has 0 fully saturated rings. The smallest absolute Gasteiger partial charge is 0.326 e. The molecule has 39 heavy (non-hydrogen) atoms. The van der Waals surface area contributed by atoms with Crippen molar-refractivity contribution in [3.8, 4) is 11.1 Å². The zero-order chi connectivity index (χ0) is 27.6. The number of amides is 1. The van der Waals surface area contributed by atoms with Gasteiger partial charge in [0.05, 0.1) is 18.7 Å². The molecule has 0 bridgehead atoms. The number of benzene rings is 4. The first-order valence-corrected chi connectivity index (χ1v) is 13.0. The number of nitrogens with one attached hydrogen (secondary N) is 2. The molecule has 3 N–H and O–H groups in total. The minimum absolute atomic E-state index is 0.389. The number of carbonyl (C=O) groups is 2. The van der Waals surface area contributed by atoms with Crippen molar-refractivity contribution in [3.05, 3.63) is 131 Å². The summed E-state index contributed by atoms with van der Waals surface area (Å²) in [5.41, 5.74) is 2.39. The third kappa shape index (κ3) is 4.52. The molecule has 0 saturated heterocycles. The fraction of sp³-hybridized carbons (Fsp3) is 0.212. The molecule has 0 heterocycles. The van der Waals surface area contributed by atoms with Crippen molar-refractivity contribution >= 4 is 11.9 Å². The van der Waals surface area contributed by atoms with Crippen LogP contribution in [0.2, 0.25) is 0 Å². The van der Waals surface area contributed by atoms with Crippen LogP contribution in [0.15, 0.2) is 109 Å². The molecule has 4 aromatic rings. The molecule has 6 nitrogen and oxygen atoms in total. The van der Waals surface area contributed by atoms with Gasteiger partial charge in [0, 0.05) is 0 Å². The lowest BCUT2D eigenvalue weighted by Crippen LogP contribution is -2.65. The van der Waals surface area contributed by atoms with Crippen molar-refractivity contribution in [2.24, 2.45) is 0 Å². The lowest BCUT2D eigenvalue weighted by molar-refractivity contribution is -0.159. The Labute approximate surface area is 228 Å². The van der Waals surface area contributed by atoms with Gasteiger partial charge in [-0.3, -0.25) is 14.9 Å². The Kier molecular flexibility index (Phi) is 7.08. The van der Waals surface area contributed by atoms with E-state index in [0.717, 1.165) is 33.4 Å². The molecule has 1 aliphatic rings. The Hall–Kier alpha value is -4.26. The summed E-state index contributed by atoms with van der Waals surface area (Å²) in [6.45, 7) is 3.18. The maximum Gasteiger partial charge on any atom is 0.326 e. The SMILES string of the molecule is COC(=O)[C@@H](NC1(c2ccccc2)c2ccccc2-c2ccccc21)[C@@](C)(O)C(=O)N[C@H](C)c1ccccc1. The number of carbonyl (C=O) groups excluding carboxylic acids is 2. The highest BCUT2D eigenvalue weighted by Crippen LogP contribution is 2.51. The van der Waals surface area contributed by atoms with E-state index in [1.54, 1.807) is 0 Å². The summed E-state index contributed by atoms with van der Waals surface area (Å²) < 4.78 is 5.16. The largest absolute Gasteiger partial charge is 0.468 e. The number of esters is 1. The summed E-state index contributed by atoms with van der Waals surface area (Å²) in [6.07, 6.45) is 0. The van der Waals surface area contributed by atoms with Crippen LogP contribution in [0.4, 0.5) is 0 Å². The van der Waals surface area contributed by atoms with Gasteiger partial charge in [-0.25, -0.2) is 0 Å². The van der Waals surface area contributed by atoms with Crippen LogP contribution >= 0.6 is 0 Å². The van der Waals surface area contributed by atoms with Gasteiger partial charge in [-0.05, 0) is 47.2 Å². The Bertz CT molecular complexity index is 1440. The van der Waals surface area contributed by atoms with E-state index >= 15 is 0 Å². The molecular weight excluding hydrogens is 488 g/mol. The Morgan fingerprint density at radius 3 is 1.82 bits per heavy atom. The van der Waals surface area contributed by atoms with E-state index in [2.05, 4.69) is 10.6 Å². The van der Waals surface area contributed by atoms with Crippen molar-refractivity contribution in [1.29, 1.82) is 0 Å². The second-order valence-electron chi connectivity index (χ2n) is 10.1. The molecule has 1 amide bonds. The molecule has 0 radical (unpaired) electrons. The number of hydrogen-bond donors (Lipinski definition) is 3. The van der Waals surface area contributed by atoms with Crippen molar-refractivity contribution in [2.75, 3.05) is 7.11 Å². The number of ether oxygens (including phenoxy) is 1. The number of methoxy groups -OCH3 is 1. The summed E-state index contributed by atoms with van der Waals surface area (Å²) in [6, 6.07) is 33.3. The molecule has 0 spiro atoms. The third-order valence-corrected chi connectivity index (χ3v) is 7.63. The number of aliphatic hydroxyl groups is 1. The van der Waals surface area contributed by atoms with Crippen LogP contribution in [-0.4, -0.2) is 35.7 Å². The summed E-state index contributed by atoms with van der Waals surface area (Å²) >= 11 is 0. The highest BCUT2D eigenvalue weighted by atomic mass is 16.5. The lowest BCUT2D eigenvalue weighted by Gasteiger charge is -2.41. The van der Waals surface area contributed by atoms with Crippen molar-refractivity contribution in [1.82, 2.24) is 10.6 Å². The highest BCUT2D eigenvalue weighted by Gasteiger charge is 2.53. The van der Waals surface area contributed by atoms with Crippen molar-refractivity contribution in [2.45, 2.75) is 37.1 Å². The van der Waals surface area contributed by atoms with Crippen LogP contribution in [0, 0.1) is 0 Å². The second kappa shape index (κ2) is 10.5. The molecule has 5 rings (SSSR count). The topological polar surface area (TPSA) is 87.7 Å². The normalized spacial score (nSPS) is 16.2. The minimum Gasteiger partial charge on any atom is -0.468 e. The molecule has 4 aromatic carbocycles. The van der Waals surface area contributed by atoms with Gasteiger partial charge in [0.15, 0.2) is 5.60 Å². The molecule has 1 aliphatic carbocycles. The lowest BCUT2D eigenvalue weighted by atomic mass is 9.78. The monoisotopic (exact) mass is 520 g/mol. The van der Waals surface area contributed by atoms with E-state index in [1.807, 2.05) is 116 Å². The van der Waals surface area contributed by atoms with Crippen LogP contribution in [0.5, 0.6) is 0 Å². The van der Waals surface area contributed by atoms with E-state index in [9.17, 15) is 14.7 Å². The molecule has 0 aromatic heterocycles. The number of fused-ring (bicyclic) bond motifs is 3. The third-order valence-electron chi connectivity index (χ3n) is 7.63. The molecular formula is C33H32N2O4. The standard InChI is InChI=1S/C33H32N2O4/c1-22(23-14-6-4-7-15-23)34-31(37)32(2,38)29(30(36)39-3)35-33(24-16-8-5-9-17-24)27-20-12-10-18-25(27)26-19-11-13-21-28(26)33/h4-22,29,35,38H,1-3H3,(H,34,37)/t22-,29-,32-/m1/s1. The highest BCUT2D eigenvalue weighted by molar-refractivity contribution is 5.93. The molecule has 0 saturated carbocycles. The summed E-state index contributed by atoms with van der Waals surface area (Å²) in [7, 11) is 1.25. The minimum atomic E-state index is -2.16. The summed E-state index contributed by atoms with van der Waals surface area (Å²) in [5, 5.41) is 18.1. The van der Waals surface area contributed by atoms with E-state index in [0.29, 0.717) is 0 Å². The molecule has 198 valence electrons. The summed E-state index contributed by atoms with van der Waals surface area (Å²) in [5.74, 6) is -1.44. The predicted molar refractivity (Wildman–Crippen MR) is 151 cm³/mol. The second-order valence-corrected chi connectivity index (χ2v) is 10.1. The Morgan fingerprint density at radius 1 is 0.795 bits per heavy atom. The van der Waals surface area contributed by atoms with Gasteiger partial charge in [0.25, 0.3) is 5.91 Å². The van der Waals surface area contributed by atoms with Gasteiger partial charge in [-0.1, -0.05) is 109 Å². The van der Waals surface area contributed by atoms with Crippen molar-refractivity contribution < 1.29 is 19.4 Å². The first-order valence-electron chi connectivity index (χ1n) is 13.0. The van der Waals surface area contributed by atoms with Crippen LogP contribution in [-0.2, 0) is 19.9 Å². The maximum absolute atomic E-state index is 13.6. The first kappa shape index (κ1) is 26.4. The first-order chi connectivity index (χ1) is 18.8. The van der Waals surface area contributed by atoms with Crippen LogP contribution < -0.4 is 10.6 Å². The van der Waals surface area contributed by atoms with Gasteiger partial charge < -0.3 is 15.2 Å². The van der Waals surface area contributed by atoms with Gasteiger partial charge >= 0.3 is 5.97 Å². The average molecular weight is 521 g/mol. The molecule has 0 aliphatic heterocycles. The fourth-order valence-corrected chi connectivity index (χ4v) is 5.54. The zero-order valence-corrected chi connectivity index (χ0v) is 22.2. The van der Waals surface area contributed by atoms with E-state index in [1.165, 1.54) is 14.0 Å². The quantitative estimate of drug-likeness (QED) is 0.293. The number of rotatable bonds is 8. The summed E-state index contributed by atoms with van der Waals surface area (Å²) in [4.78, 5) is 27.0. The fourth-order valence-electron chi connectivity index (χ4n) is 5.54. The van der Waals surface area contributed by atoms with Crippen LogP contribution in [0.1, 0.15) is 42.1 Å². The van der Waals surface area contributed by atoms with Gasteiger partial charge in [0.1, 0.15) is 6.04 Å². The maximum atomic E-state index is 13.6. The van der Waals surface area contributed by atoms with Gasteiger partial charge in [0.2, 0.25) is 0 Å². The van der Waals surface area contributed by atoms with Gasteiger partial charge in [-0.2, -0.15) is 0 Å². The van der Waals surface area contributed by atoms with E-state index in [-0.39, 0.29) is 6.04 Å². The molecule has 0 unspecified atom stereocenters. The van der Waals surface area contributed by atoms with Crippen LogP contribution in [0.25, 0.3) is 11.1 Å². The Morgan fingerprint density at radius 2 is 1.28 bits per heavy atom. The Balaban J connectivity index is 1.62. The predicted octanol–water partition coefficient (Wildman–Crippen LogP) is 4.72.